The summed E-state index contributed by atoms with van der Waals surface area (Å²) in [5.41, 5.74) is 3.65. The highest BCUT2D eigenvalue weighted by Crippen LogP contribution is 2.34. The zero-order valence-corrected chi connectivity index (χ0v) is 23.8. The highest BCUT2D eigenvalue weighted by molar-refractivity contribution is 6.33. The van der Waals surface area contributed by atoms with Gasteiger partial charge in [0.15, 0.2) is 0 Å². The van der Waals surface area contributed by atoms with Gasteiger partial charge < -0.3 is 34.3 Å². The third kappa shape index (κ3) is 7.06. The summed E-state index contributed by atoms with van der Waals surface area (Å²) in [5, 5.41) is 12.4. The molecule has 0 unspecified atom stereocenters. The molecule has 11 heteroatoms. The molecule has 3 aromatic rings. The number of fused-ring (bicyclic) bond motifs is 1. The van der Waals surface area contributed by atoms with Gasteiger partial charge in [0.1, 0.15) is 28.6 Å². The molecule has 1 aliphatic heterocycles. The summed E-state index contributed by atoms with van der Waals surface area (Å²) in [7, 11) is 7.96. The number of amides is 1. The van der Waals surface area contributed by atoms with Gasteiger partial charge in [-0.05, 0) is 42.8 Å². The van der Waals surface area contributed by atoms with Gasteiger partial charge in [-0.25, -0.2) is 4.79 Å². The van der Waals surface area contributed by atoms with Gasteiger partial charge in [0.2, 0.25) is 0 Å². The molecule has 0 aliphatic carbocycles. The first kappa shape index (κ1) is 29.9. The zero-order chi connectivity index (χ0) is 28.7. The summed E-state index contributed by atoms with van der Waals surface area (Å²) in [6.07, 6.45) is 0.906. The number of benzene rings is 3. The Bertz CT molecular complexity index is 1360. The third-order valence-corrected chi connectivity index (χ3v) is 6.72. The van der Waals surface area contributed by atoms with Crippen molar-refractivity contribution in [3.05, 3.63) is 74.8 Å². The minimum absolute atomic E-state index is 0.0123. The number of halogens is 2. The normalized spacial score (nSPS) is 12.4. The second-order valence-corrected chi connectivity index (χ2v) is 9.38. The SMILES string of the molecule is COc1cc(OC)c(C(=O)Nc2cccc3c2CCN(C)C3)cc1Cl.COc1cc(OC)c(C(=O)O)cc1Cl. The van der Waals surface area contributed by atoms with Gasteiger partial charge in [-0.15, -0.1) is 0 Å². The Morgan fingerprint density at radius 1 is 0.846 bits per heavy atom. The van der Waals surface area contributed by atoms with Crippen molar-refractivity contribution < 1.29 is 33.6 Å². The number of ether oxygens (including phenoxy) is 4. The van der Waals surface area contributed by atoms with Crippen LogP contribution in [0.15, 0.2) is 42.5 Å². The number of anilines is 1. The van der Waals surface area contributed by atoms with Crippen molar-refractivity contribution >= 4 is 40.8 Å². The van der Waals surface area contributed by atoms with Gasteiger partial charge in [0.25, 0.3) is 5.91 Å². The molecule has 1 amide bonds. The van der Waals surface area contributed by atoms with Gasteiger partial charge in [-0.3, -0.25) is 4.79 Å². The molecule has 0 saturated carbocycles. The Morgan fingerprint density at radius 2 is 1.38 bits per heavy atom. The predicted molar refractivity (Wildman–Crippen MR) is 151 cm³/mol. The number of aromatic carboxylic acids is 1. The van der Waals surface area contributed by atoms with E-state index in [0.717, 1.165) is 25.2 Å². The number of hydrogen-bond donors (Lipinski definition) is 2. The van der Waals surface area contributed by atoms with E-state index in [1.54, 1.807) is 12.1 Å². The van der Waals surface area contributed by atoms with E-state index in [-0.39, 0.29) is 22.2 Å². The quantitative estimate of drug-likeness (QED) is 0.371. The number of nitrogens with zero attached hydrogens (tertiary/aromatic N) is 1. The van der Waals surface area contributed by atoms with E-state index < -0.39 is 5.97 Å². The van der Waals surface area contributed by atoms with E-state index in [9.17, 15) is 9.59 Å². The molecular weight excluding hydrogens is 547 g/mol. The van der Waals surface area contributed by atoms with Crippen LogP contribution >= 0.6 is 23.2 Å². The van der Waals surface area contributed by atoms with Crippen LogP contribution in [0.25, 0.3) is 0 Å². The summed E-state index contributed by atoms with van der Waals surface area (Å²) in [4.78, 5) is 25.8. The maximum atomic E-state index is 12.8. The van der Waals surface area contributed by atoms with Crippen LogP contribution < -0.4 is 24.3 Å². The number of nitrogens with one attached hydrogen (secondary N) is 1. The van der Waals surface area contributed by atoms with Crippen LogP contribution in [-0.2, 0) is 13.0 Å². The van der Waals surface area contributed by atoms with Crippen molar-refractivity contribution in [1.29, 1.82) is 0 Å². The van der Waals surface area contributed by atoms with Crippen molar-refractivity contribution in [2.75, 3.05) is 47.3 Å². The number of rotatable bonds is 7. The van der Waals surface area contributed by atoms with E-state index in [4.69, 9.17) is 47.3 Å². The van der Waals surface area contributed by atoms with Crippen molar-refractivity contribution in [2.45, 2.75) is 13.0 Å². The molecular formula is C28H30Cl2N2O7. The molecule has 0 atom stereocenters. The van der Waals surface area contributed by atoms with Gasteiger partial charge in [0, 0.05) is 30.9 Å². The average Bonchev–Trinajstić information content (AvgIpc) is 2.92. The molecule has 2 N–H and O–H groups in total. The molecule has 39 heavy (non-hydrogen) atoms. The van der Waals surface area contributed by atoms with Crippen LogP contribution in [0.4, 0.5) is 5.69 Å². The zero-order valence-electron chi connectivity index (χ0n) is 22.3. The van der Waals surface area contributed by atoms with Crippen molar-refractivity contribution in [3.8, 4) is 23.0 Å². The second kappa shape index (κ2) is 13.4. The van der Waals surface area contributed by atoms with E-state index in [1.807, 2.05) is 12.1 Å². The van der Waals surface area contributed by atoms with Crippen LogP contribution in [0.2, 0.25) is 10.0 Å². The minimum Gasteiger partial charge on any atom is -0.496 e. The smallest absolute Gasteiger partial charge is 0.339 e. The van der Waals surface area contributed by atoms with Crippen molar-refractivity contribution in [3.63, 3.8) is 0 Å². The number of carboxylic acid groups (broad SMARTS) is 1. The molecule has 1 aliphatic rings. The molecule has 0 saturated heterocycles. The first-order chi connectivity index (χ1) is 18.6. The number of likely N-dealkylation sites (N-methyl/N-ethyl adjacent to an activating group) is 1. The third-order valence-electron chi connectivity index (χ3n) is 6.13. The van der Waals surface area contributed by atoms with E-state index in [2.05, 4.69) is 23.3 Å². The number of carbonyl (C=O) groups is 2. The lowest BCUT2D eigenvalue weighted by Gasteiger charge is -2.26. The number of carbonyl (C=O) groups excluding carboxylic acids is 1. The summed E-state index contributed by atoms with van der Waals surface area (Å²) in [6.45, 7) is 1.86. The molecule has 9 nitrogen and oxygen atoms in total. The Labute approximate surface area is 237 Å². The number of methoxy groups -OCH3 is 4. The van der Waals surface area contributed by atoms with Gasteiger partial charge in [-0.1, -0.05) is 35.3 Å². The molecule has 3 aromatic carbocycles. The lowest BCUT2D eigenvalue weighted by Crippen LogP contribution is -2.27. The van der Waals surface area contributed by atoms with Crippen LogP contribution in [0.3, 0.4) is 0 Å². The number of hydrogen-bond acceptors (Lipinski definition) is 7. The Morgan fingerprint density at radius 3 is 1.92 bits per heavy atom. The Kier molecular flexibility index (Phi) is 10.3. The minimum atomic E-state index is -1.09. The Balaban J connectivity index is 0.000000255. The summed E-state index contributed by atoms with van der Waals surface area (Å²) in [6, 6.07) is 11.9. The number of carboxylic acids is 1. The van der Waals surface area contributed by atoms with Gasteiger partial charge in [-0.2, -0.15) is 0 Å². The van der Waals surface area contributed by atoms with Crippen LogP contribution in [0.5, 0.6) is 23.0 Å². The fraction of sp³-hybridized carbons (Fsp3) is 0.286. The molecule has 4 rings (SSSR count). The molecule has 0 spiro atoms. The van der Waals surface area contributed by atoms with Crippen LogP contribution in [0, 0.1) is 0 Å². The predicted octanol–water partition coefficient (Wildman–Crippen LogP) is 5.65. The average molecular weight is 577 g/mol. The summed E-state index contributed by atoms with van der Waals surface area (Å²) < 4.78 is 20.3. The van der Waals surface area contributed by atoms with Gasteiger partial charge >= 0.3 is 5.97 Å². The lowest BCUT2D eigenvalue weighted by molar-refractivity contribution is 0.0693. The van der Waals surface area contributed by atoms with Crippen LogP contribution in [-0.4, -0.2) is 63.9 Å². The van der Waals surface area contributed by atoms with E-state index >= 15 is 0 Å². The molecule has 0 fully saturated rings. The highest BCUT2D eigenvalue weighted by Gasteiger charge is 2.21. The highest BCUT2D eigenvalue weighted by atomic mass is 35.5. The first-order valence-corrected chi connectivity index (χ1v) is 12.6. The topological polar surface area (TPSA) is 107 Å². The summed E-state index contributed by atoms with van der Waals surface area (Å²) >= 11 is 11.9. The van der Waals surface area contributed by atoms with Crippen molar-refractivity contribution in [1.82, 2.24) is 4.90 Å². The summed E-state index contributed by atoms with van der Waals surface area (Å²) in [5.74, 6) is 0.144. The molecule has 0 radical (unpaired) electrons. The molecule has 208 valence electrons. The maximum absolute atomic E-state index is 12.8. The van der Waals surface area contributed by atoms with Gasteiger partial charge in [0.05, 0.1) is 44.0 Å². The van der Waals surface area contributed by atoms with Crippen LogP contribution in [0.1, 0.15) is 31.8 Å². The van der Waals surface area contributed by atoms with E-state index in [1.165, 1.54) is 51.7 Å². The fourth-order valence-electron chi connectivity index (χ4n) is 4.12. The largest absolute Gasteiger partial charge is 0.496 e. The standard InChI is InChI=1S/C19H21ClN2O3.C9H9ClO4/c1-22-8-7-13-12(11-22)5-4-6-16(13)21-19(23)14-9-15(20)18(25-3)10-17(14)24-2;1-13-7-4-8(14-2)6(10)3-5(7)9(11)12/h4-6,9-10H,7-8,11H2,1-3H3,(H,21,23);3-4H,1-2H3,(H,11,12). The molecule has 0 bridgehead atoms. The monoisotopic (exact) mass is 576 g/mol. The second-order valence-electron chi connectivity index (χ2n) is 8.56. The fourth-order valence-corrected chi connectivity index (χ4v) is 4.60. The maximum Gasteiger partial charge on any atom is 0.339 e. The Hall–Kier alpha value is -3.66. The lowest BCUT2D eigenvalue weighted by atomic mass is 9.98. The molecule has 1 heterocycles. The first-order valence-electron chi connectivity index (χ1n) is 11.8. The molecule has 0 aromatic heterocycles. The van der Waals surface area contributed by atoms with Crippen molar-refractivity contribution in [2.24, 2.45) is 0 Å². The van der Waals surface area contributed by atoms with E-state index in [0.29, 0.717) is 27.8 Å².